The Labute approximate surface area is 177 Å². The number of hydrogen-bond acceptors (Lipinski definition) is 5. The number of hydrogen-bond donors (Lipinski definition) is 1. The van der Waals surface area contributed by atoms with Crippen molar-refractivity contribution < 1.29 is 23.8 Å². The highest BCUT2D eigenvalue weighted by atomic mass is 16.6. The molecule has 0 aromatic heterocycles. The van der Waals surface area contributed by atoms with E-state index in [1.165, 1.54) is 12.7 Å². The molecule has 1 N–H and O–H groups in total. The smallest absolute Gasteiger partial charge is 0.344 e. The lowest BCUT2D eigenvalue weighted by Crippen LogP contribution is -2.23. The second kappa shape index (κ2) is 11.7. The van der Waals surface area contributed by atoms with Crippen LogP contribution in [-0.2, 0) is 14.3 Å². The van der Waals surface area contributed by atoms with Gasteiger partial charge in [0.25, 0.3) is 5.91 Å². The van der Waals surface area contributed by atoms with Gasteiger partial charge >= 0.3 is 5.97 Å². The molecule has 0 unspecified atom stereocenters. The van der Waals surface area contributed by atoms with Crippen molar-refractivity contribution >= 4 is 23.6 Å². The summed E-state index contributed by atoms with van der Waals surface area (Å²) in [6.07, 6.45) is 4.89. The van der Waals surface area contributed by atoms with Crippen LogP contribution in [0, 0.1) is 0 Å². The number of benzene rings is 2. The molecule has 0 radical (unpaired) electrons. The first-order valence-corrected chi connectivity index (χ1v) is 9.95. The largest absolute Gasteiger partial charge is 0.493 e. The number of ether oxygens (including phenoxy) is 3. The van der Waals surface area contributed by atoms with Gasteiger partial charge in [-0.1, -0.05) is 44.2 Å². The normalized spacial score (nSPS) is 11.7. The SMILES string of the molecule is C/C=C/c1ccc(OCC(=O)OCC(=O)Nc2ccc([C@H](C)CC)cc2)c(OC)c1. The second-order valence-electron chi connectivity index (χ2n) is 6.84. The number of carbonyl (C=O) groups excluding carboxylic acids is 2. The fourth-order valence-electron chi connectivity index (χ4n) is 2.75. The average Bonchev–Trinajstić information content (AvgIpc) is 2.76. The Kier molecular flexibility index (Phi) is 8.94. The summed E-state index contributed by atoms with van der Waals surface area (Å²) in [6, 6.07) is 13.0. The van der Waals surface area contributed by atoms with Gasteiger partial charge in [-0.2, -0.15) is 0 Å². The van der Waals surface area contributed by atoms with Crippen LogP contribution in [0.5, 0.6) is 11.5 Å². The zero-order valence-electron chi connectivity index (χ0n) is 17.9. The van der Waals surface area contributed by atoms with Crippen molar-refractivity contribution in [2.45, 2.75) is 33.1 Å². The van der Waals surface area contributed by atoms with Crippen molar-refractivity contribution in [3.8, 4) is 11.5 Å². The molecule has 1 atom stereocenters. The van der Waals surface area contributed by atoms with Crippen LogP contribution in [0.4, 0.5) is 5.69 Å². The minimum atomic E-state index is -0.642. The predicted octanol–water partition coefficient (Wildman–Crippen LogP) is 4.80. The third kappa shape index (κ3) is 6.95. The van der Waals surface area contributed by atoms with Crippen LogP contribution < -0.4 is 14.8 Å². The van der Waals surface area contributed by atoms with E-state index in [1.54, 1.807) is 12.1 Å². The lowest BCUT2D eigenvalue weighted by atomic mass is 9.99. The van der Waals surface area contributed by atoms with Gasteiger partial charge in [-0.3, -0.25) is 4.79 Å². The van der Waals surface area contributed by atoms with E-state index in [2.05, 4.69) is 19.2 Å². The van der Waals surface area contributed by atoms with Gasteiger partial charge < -0.3 is 19.5 Å². The summed E-state index contributed by atoms with van der Waals surface area (Å²) in [4.78, 5) is 23.9. The number of allylic oxidation sites excluding steroid dienone is 1. The molecule has 2 rings (SSSR count). The summed E-state index contributed by atoms with van der Waals surface area (Å²) >= 11 is 0. The molecule has 0 aliphatic heterocycles. The number of amides is 1. The van der Waals surface area contributed by atoms with E-state index in [9.17, 15) is 9.59 Å². The number of rotatable bonds is 10. The molecular formula is C24H29NO5. The third-order valence-electron chi connectivity index (χ3n) is 4.63. The van der Waals surface area contributed by atoms with Crippen LogP contribution in [0.3, 0.4) is 0 Å². The highest BCUT2D eigenvalue weighted by Crippen LogP contribution is 2.28. The lowest BCUT2D eigenvalue weighted by Gasteiger charge is -2.12. The first kappa shape index (κ1) is 23.0. The quantitative estimate of drug-likeness (QED) is 0.569. The van der Waals surface area contributed by atoms with Crippen molar-refractivity contribution in [2.24, 2.45) is 0 Å². The molecule has 0 heterocycles. The fraction of sp³-hybridized carbons (Fsp3) is 0.333. The summed E-state index contributed by atoms with van der Waals surface area (Å²) in [5.74, 6) is 0.351. The Morgan fingerprint density at radius 3 is 2.43 bits per heavy atom. The van der Waals surface area contributed by atoms with Gasteiger partial charge in [-0.25, -0.2) is 4.79 Å². The highest BCUT2D eigenvalue weighted by molar-refractivity contribution is 5.92. The molecule has 0 bridgehead atoms. The summed E-state index contributed by atoms with van der Waals surface area (Å²) in [7, 11) is 1.53. The maximum Gasteiger partial charge on any atom is 0.344 e. The summed E-state index contributed by atoms with van der Waals surface area (Å²) in [5, 5.41) is 2.71. The van der Waals surface area contributed by atoms with Crippen molar-refractivity contribution in [1.82, 2.24) is 0 Å². The zero-order chi connectivity index (χ0) is 21.9. The van der Waals surface area contributed by atoms with E-state index in [0.717, 1.165) is 12.0 Å². The van der Waals surface area contributed by atoms with Crippen LogP contribution in [0.15, 0.2) is 48.5 Å². The number of methoxy groups -OCH3 is 1. The molecule has 2 aromatic rings. The van der Waals surface area contributed by atoms with Crippen molar-refractivity contribution in [2.75, 3.05) is 25.6 Å². The van der Waals surface area contributed by atoms with Crippen LogP contribution in [-0.4, -0.2) is 32.2 Å². The molecule has 160 valence electrons. The monoisotopic (exact) mass is 411 g/mol. The minimum absolute atomic E-state index is 0.323. The number of anilines is 1. The number of esters is 1. The van der Waals surface area contributed by atoms with Crippen molar-refractivity contribution in [1.29, 1.82) is 0 Å². The molecule has 1 amide bonds. The maximum absolute atomic E-state index is 12.0. The topological polar surface area (TPSA) is 73.9 Å². The van der Waals surface area contributed by atoms with Gasteiger partial charge in [0.05, 0.1) is 7.11 Å². The average molecular weight is 411 g/mol. The van der Waals surface area contributed by atoms with Gasteiger partial charge in [0.15, 0.2) is 24.7 Å². The fourth-order valence-corrected chi connectivity index (χ4v) is 2.75. The molecule has 0 fully saturated rings. The predicted molar refractivity (Wildman–Crippen MR) is 118 cm³/mol. The molecule has 6 heteroatoms. The molecule has 2 aromatic carbocycles. The molecule has 0 aliphatic rings. The second-order valence-corrected chi connectivity index (χ2v) is 6.84. The van der Waals surface area contributed by atoms with E-state index in [0.29, 0.717) is 23.1 Å². The summed E-state index contributed by atoms with van der Waals surface area (Å²) in [5.41, 5.74) is 2.83. The van der Waals surface area contributed by atoms with Gasteiger partial charge in [-0.05, 0) is 54.7 Å². The van der Waals surface area contributed by atoms with E-state index in [1.807, 2.05) is 49.4 Å². The van der Waals surface area contributed by atoms with E-state index in [4.69, 9.17) is 14.2 Å². The summed E-state index contributed by atoms with van der Waals surface area (Å²) in [6.45, 7) is 5.50. The Bertz CT molecular complexity index is 874. The van der Waals surface area contributed by atoms with Gasteiger partial charge in [0.2, 0.25) is 0 Å². The van der Waals surface area contributed by atoms with Gasteiger partial charge in [-0.15, -0.1) is 0 Å². The first-order valence-electron chi connectivity index (χ1n) is 9.95. The standard InChI is InChI=1S/C24H29NO5/c1-5-7-18-8-13-21(22(14-18)28-4)29-16-24(27)30-15-23(26)25-20-11-9-19(10-12-20)17(3)6-2/h5,7-14,17H,6,15-16H2,1-4H3,(H,25,26)/b7-5+/t17-/m1/s1. The van der Waals surface area contributed by atoms with Crippen LogP contribution >= 0.6 is 0 Å². The zero-order valence-corrected chi connectivity index (χ0v) is 17.9. The Balaban J connectivity index is 1.79. The van der Waals surface area contributed by atoms with Crippen LogP contribution in [0.25, 0.3) is 6.08 Å². The van der Waals surface area contributed by atoms with E-state index >= 15 is 0 Å². The van der Waals surface area contributed by atoms with Gasteiger partial charge in [0.1, 0.15) is 0 Å². The molecule has 0 saturated heterocycles. The van der Waals surface area contributed by atoms with Crippen LogP contribution in [0.1, 0.15) is 44.2 Å². The number of carbonyl (C=O) groups is 2. The van der Waals surface area contributed by atoms with Gasteiger partial charge in [0, 0.05) is 5.69 Å². The van der Waals surface area contributed by atoms with E-state index < -0.39 is 11.9 Å². The Hall–Kier alpha value is -3.28. The third-order valence-corrected chi connectivity index (χ3v) is 4.63. The van der Waals surface area contributed by atoms with Crippen molar-refractivity contribution in [3.05, 3.63) is 59.7 Å². The van der Waals surface area contributed by atoms with Crippen LogP contribution in [0.2, 0.25) is 0 Å². The highest BCUT2D eigenvalue weighted by Gasteiger charge is 2.12. The first-order chi connectivity index (χ1) is 14.5. The molecule has 0 aliphatic carbocycles. The molecule has 0 saturated carbocycles. The maximum atomic E-state index is 12.0. The minimum Gasteiger partial charge on any atom is -0.493 e. The molecule has 0 spiro atoms. The molecule has 30 heavy (non-hydrogen) atoms. The lowest BCUT2D eigenvalue weighted by molar-refractivity contribution is -0.149. The molecular weight excluding hydrogens is 382 g/mol. The number of nitrogens with one attached hydrogen (secondary N) is 1. The van der Waals surface area contributed by atoms with Crippen molar-refractivity contribution in [3.63, 3.8) is 0 Å². The summed E-state index contributed by atoms with van der Waals surface area (Å²) < 4.78 is 15.7. The van der Waals surface area contributed by atoms with E-state index in [-0.39, 0.29) is 13.2 Å². The Morgan fingerprint density at radius 1 is 1.07 bits per heavy atom. The Morgan fingerprint density at radius 2 is 1.80 bits per heavy atom. The molecule has 6 nitrogen and oxygen atoms in total.